The fourth-order valence-corrected chi connectivity index (χ4v) is 6.17. The van der Waals surface area contributed by atoms with E-state index >= 15 is 0 Å². The number of nitrogens with one attached hydrogen (secondary N) is 1. The number of amidine groups is 1. The van der Waals surface area contributed by atoms with Crippen LogP contribution >= 0.6 is 0 Å². The van der Waals surface area contributed by atoms with Crippen molar-refractivity contribution in [3.63, 3.8) is 0 Å². The number of aryl methyl sites for hydroxylation is 1. The number of sulfonamides is 1. The molecule has 3 aliphatic heterocycles. The van der Waals surface area contributed by atoms with E-state index in [1.807, 2.05) is 19.1 Å². The third kappa shape index (κ3) is 2.78. The van der Waals surface area contributed by atoms with Crippen molar-refractivity contribution in [2.24, 2.45) is 5.10 Å². The van der Waals surface area contributed by atoms with Gasteiger partial charge in [0.2, 0.25) is 0 Å². The number of carbonyl (C=O) groups excluding carboxylic acids is 1. The SMILES string of the molecule is Cc1ccc(C(=O)N2N=C3c4ccccc4S(=O)(=O)N3[C@@H]2[NH+]2CCCCC2)cc1. The number of likely N-dealkylation sites (tertiary alicyclic amines) is 1. The Morgan fingerprint density at radius 3 is 2.45 bits per heavy atom. The van der Waals surface area contributed by atoms with Crippen LogP contribution in [0, 0.1) is 6.92 Å². The molecule has 0 radical (unpaired) electrons. The average molecular weight is 412 g/mol. The zero-order valence-corrected chi connectivity index (χ0v) is 17.0. The van der Waals surface area contributed by atoms with Crippen molar-refractivity contribution in [1.82, 2.24) is 9.31 Å². The van der Waals surface area contributed by atoms with E-state index in [1.165, 1.54) is 9.31 Å². The molecule has 1 atom stereocenters. The summed E-state index contributed by atoms with van der Waals surface area (Å²) in [7, 11) is -3.75. The summed E-state index contributed by atoms with van der Waals surface area (Å²) in [5.41, 5.74) is 2.13. The number of benzene rings is 2. The van der Waals surface area contributed by atoms with Crippen LogP contribution in [0.5, 0.6) is 0 Å². The van der Waals surface area contributed by atoms with Crippen molar-refractivity contribution in [3.8, 4) is 0 Å². The maximum Gasteiger partial charge on any atom is 0.281 e. The zero-order valence-electron chi connectivity index (χ0n) is 16.2. The van der Waals surface area contributed by atoms with Gasteiger partial charge in [-0.3, -0.25) is 9.69 Å². The van der Waals surface area contributed by atoms with Gasteiger partial charge >= 0.3 is 0 Å². The summed E-state index contributed by atoms with van der Waals surface area (Å²) in [5, 5.41) is 5.95. The third-order valence-electron chi connectivity index (χ3n) is 5.90. The highest BCUT2D eigenvalue weighted by atomic mass is 32.2. The van der Waals surface area contributed by atoms with E-state index in [-0.39, 0.29) is 10.8 Å². The molecule has 0 spiro atoms. The van der Waals surface area contributed by atoms with E-state index in [9.17, 15) is 13.2 Å². The lowest BCUT2D eigenvalue weighted by Gasteiger charge is -2.35. The second-order valence-electron chi connectivity index (χ2n) is 7.83. The predicted octanol–water partition coefficient (Wildman–Crippen LogP) is 1.17. The van der Waals surface area contributed by atoms with Crippen LogP contribution in [-0.4, -0.2) is 48.9 Å². The number of carbonyl (C=O) groups is 1. The molecule has 2 aromatic carbocycles. The quantitative estimate of drug-likeness (QED) is 0.806. The molecule has 3 aliphatic rings. The lowest BCUT2D eigenvalue weighted by atomic mass is 10.1. The maximum absolute atomic E-state index is 13.4. The lowest BCUT2D eigenvalue weighted by Crippen LogP contribution is -3.19. The van der Waals surface area contributed by atoms with Gasteiger partial charge in [0.05, 0.1) is 18.0 Å². The number of fused-ring (bicyclic) bond motifs is 3. The van der Waals surface area contributed by atoms with E-state index in [0.717, 1.165) is 42.8 Å². The summed E-state index contributed by atoms with van der Waals surface area (Å²) in [6.07, 6.45) is 2.46. The van der Waals surface area contributed by atoms with E-state index in [2.05, 4.69) is 5.10 Å². The Hall–Kier alpha value is -2.71. The standard InChI is InChI=1S/C21H22N4O3S/c1-15-9-11-16(12-10-15)20(26)24-21(23-13-5-2-6-14-23)25-19(22-24)17-7-3-4-8-18(17)29(25,27)28/h3-4,7-12,21H,2,5-6,13-14H2,1H3/p+1/t21-/m1/s1. The van der Waals surface area contributed by atoms with Gasteiger partial charge in [0.15, 0.2) is 5.84 Å². The van der Waals surface area contributed by atoms with Gasteiger partial charge in [-0.05, 0) is 50.5 Å². The van der Waals surface area contributed by atoms with Crippen molar-refractivity contribution >= 4 is 21.8 Å². The molecule has 0 unspecified atom stereocenters. The van der Waals surface area contributed by atoms with Crippen LogP contribution in [0.15, 0.2) is 58.5 Å². The molecule has 0 aliphatic carbocycles. The van der Waals surface area contributed by atoms with Crippen LogP contribution in [0.3, 0.4) is 0 Å². The molecule has 3 heterocycles. The third-order valence-corrected chi connectivity index (χ3v) is 7.70. The van der Waals surface area contributed by atoms with E-state index in [4.69, 9.17) is 0 Å². The zero-order chi connectivity index (χ0) is 20.2. The van der Waals surface area contributed by atoms with Gasteiger partial charge < -0.3 is 0 Å². The fraction of sp³-hybridized carbons (Fsp3) is 0.333. The smallest absolute Gasteiger partial charge is 0.281 e. The first-order valence-electron chi connectivity index (χ1n) is 9.96. The largest absolute Gasteiger partial charge is 0.295 e. The molecule has 29 heavy (non-hydrogen) atoms. The van der Waals surface area contributed by atoms with Crippen molar-refractivity contribution in [3.05, 3.63) is 65.2 Å². The molecule has 8 heteroatoms. The summed E-state index contributed by atoms with van der Waals surface area (Å²) in [6.45, 7) is 3.59. The van der Waals surface area contributed by atoms with Crippen LogP contribution in [-0.2, 0) is 10.0 Å². The number of hydrogen-bond acceptors (Lipinski definition) is 4. The van der Waals surface area contributed by atoms with Gasteiger partial charge in [0.1, 0.15) is 0 Å². The Labute approximate surface area is 170 Å². The fourth-order valence-electron chi connectivity index (χ4n) is 4.40. The molecule has 1 saturated heterocycles. The first kappa shape index (κ1) is 18.3. The summed E-state index contributed by atoms with van der Waals surface area (Å²) in [4.78, 5) is 14.7. The lowest BCUT2D eigenvalue weighted by molar-refractivity contribution is -0.947. The molecule has 1 N–H and O–H groups in total. The molecule has 0 bridgehead atoms. The monoisotopic (exact) mass is 411 g/mol. The minimum absolute atomic E-state index is 0.266. The minimum atomic E-state index is -3.75. The van der Waals surface area contributed by atoms with Crippen LogP contribution in [0.4, 0.5) is 0 Å². The van der Waals surface area contributed by atoms with Gasteiger partial charge in [0, 0.05) is 11.1 Å². The van der Waals surface area contributed by atoms with Gasteiger partial charge in [-0.15, -0.1) is 5.10 Å². The molecule has 150 valence electrons. The van der Waals surface area contributed by atoms with Crippen LogP contribution in [0.25, 0.3) is 0 Å². The van der Waals surface area contributed by atoms with Crippen molar-refractivity contribution < 1.29 is 18.1 Å². The number of nitrogens with zero attached hydrogens (tertiary/aromatic N) is 3. The van der Waals surface area contributed by atoms with E-state index in [1.54, 1.807) is 36.4 Å². The highest BCUT2D eigenvalue weighted by Gasteiger charge is 2.55. The number of piperidine rings is 1. The van der Waals surface area contributed by atoms with E-state index in [0.29, 0.717) is 17.0 Å². The predicted molar refractivity (Wildman–Crippen MR) is 108 cm³/mol. The number of quaternary nitrogens is 1. The Balaban J connectivity index is 1.62. The highest BCUT2D eigenvalue weighted by molar-refractivity contribution is 7.90. The molecule has 7 nitrogen and oxygen atoms in total. The summed E-state index contributed by atoms with van der Waals surface area (Å²) in [5.74, 6) is 0.0757. The number of hydrazone groups is 1. The normalized spacial score (nSPS) is 22.9. The topological polar surface area (TPSA) is 74.5 Å². The molecule has 1 fully saturated rings. The Morgan fingerprint density at radius 1 is 1.03 bits per heavy atom. The van der Waals surface area contributed by atoms with Gasteiger partial charge in [-0.2, -0.15) is 9.31 Å². The maximum atomic E-state index is 13.4. The molecule has 5 rings (SSSR count). The van der Waals surface area contributed by atoms with Crippen molar-refractivity contribution in [2.45, 2.75) is 37.4 Å². The van der Waals surface area contributed by atoms with Crippen LogP contribution < -0.4 is 4.90 Å². The second kappa shape index (κ2) is 6.67. The molecule has 2 aromatic rings. The molecule has 0 aromatic heterocycles. The Bertz CT molecular complexity index is 1110. The van der Waals surface area contributed by atoms with Crippen LogP contribution in [0.1, 0.15) is 40.7 Å². The number of hydrogen-bond donors (Lipinski definition) is 1. The average Bonchev–Trinajstić information content (AvgIpc) is 3.24. The van der Waals surface area contributed by atoms with Gasteiger partial charge in [-0.25, -0.2) is 8.42 Å². The Kier molecular flexibility index (Phi) is 4.22. The van der Waals surface area contributed by atoms with Crippen molar-refractivity contribution in [2.75, 3.05) is 13.1 Å². The van der Waals surface area contributed by atoms with Crippen molar-refractivity contribution in [1.29, 1.82) is 0 Å². The minimum Gasteiger partial charge on any atom is -0.295 e. The number of amides is 1. The van der Waals surface area contributed by atoms with Crippen LogP contribution in [0.2, 0.25) is 0 Å². The molecular weight excluding hydrogens is 388 g/mol. The molecule has 0 saturated carbocycles. The second-order valence-corrected chi connectivity index (χ2v) is 9.61. The number of rotatable bonds is 2. The molecule has 1 amide bonds. The highest BCUT2D eigenvalue weighted by Crippen LogP contribution is 2.36. The molecular formula is C21H23N4O3S+. The summed E-state index contributed by atoms with van der Waals surface area (Å²) >= 11 is 0. The Morgan fingerprint density at radius 2 is 1.72 bits per heavy atom. The summed E-state index contributed by atoms with van der Waals surface area (Å²) in [6, 6.07) is 14.2. The first-order chi connectivity index (χ1) is 14.0. The summed E-state index contributed by atoms with van der Waals surface area (Å²) < 4.78 is 28.1. The first-order valence-corrected chi connectivity index (χ1v) is 11.4. The van der Waals surface area contributed by atoms with Gasteiger partial charge in [-0.1, -0.05) is 29.8 Å². The van der Waals surface area contributed by atoms with E-state index < -0.39 is 16.3 Å². The van der Waals surface area contributed by atoms with Gasteiger partial charge in [0.25, 0.3) is 22.2 Å².